The quantitative estimate of drug-likeness (QED) is 0.550. The second-order valence-corrected chi connectivity index (χ2v) is 4.66. The summed E-state index contributed by atoms with van der Waals surface area (Å²) in [6.45, 7) is 2.91. The Hall–Kier alpha value is -1.23. The summed E-state index contributed by atoms with van der Waals surface area (Å²) in [5.41, 5.74) is 5.96. The summed E-state index contributed by atoms with van der Waals surface area (Å²) in [6, 6.07) is 0. The van der Waals surface area contributed by atoms with Crippen molar-refractivity contribution in [3.05, 3.63) is 18.1 Å². The molecule has 0 radical (unpaired) electrons. The fraction of sp³-hybridized carbons (Fsp3) is 0.615. The Morgan fingerprint density at radius 1 is 1.17 bits per heavy atom. The minimum atomic E-state index is 0.255. The van der Waals surface area contributed by atoms with E-state index in [-0.39, 0.29) is 4.99 Å². The third-order valence-electron chi connectivity index (χ3n) is 2.63. The molecule has 0 saturated heterocycles. The van der Waals surface area contributed by atoms with Crippen LogP contribution in [-0.4, -0.2) is 21.6 Å². The fourth-order valence-corrected chi connectivity index (χ4v) is 1.68. The van der Waals surface area contributed by atoms with Crippen LogP contribution in [0.25, 0.3) is 0 Å². The standard InChI is InChI=1S/C13H21N3OS/c1-2-3-4-5-6-7-8-17-12-10-15-11(9-16-12)13(14)18/h9-10H,2-8H2,1H3,(H2,14,18). The first kappa shape index (κ1) is 14.8. The number of rotatable bonds is 9. The lowest BCUT2D eigenvalue weighted by Crippen LogP contribution is -2.12. The summed E-state index contributed by atoms with van der Waals surface area (Å²) >= 11 is 4.80. The van der Waals surface area contributed by atoms with Gasteiger partial charge in [0, 0.05) is 0 Å². The van der Waals surface area contributed by atoms with Gasteiger partial charge < -0.3 is 10.5 Å². The number of unbranched alkanes of at least 4 members (excludes halogenated alkanes) is 5. The van der Waals surface area contributed by atoms with Crippen molar-refractivity contribution in [1.29, 1.82) is 0 Å². The predicted molar refractivity (Wildman–Crippen MR) is 76.8 cm³/mol. The third kappa shape index (κ3) is 5.91. The Morgan fingerprint density at radius 2 is 1.89 bits per heavy atom. The Kier molecular flexibility index (Phi) is 7.25. The van der Waals surface area contributed by atoms with E-state index in [1.807, 2.05) is 0 Å². The number of thiocarbonyl (C=S) groups is 1. The molecule has 4 nitrogen and oxygen atoms in total. The van der Waals surface area contributed by atoms with Crippen molar-refractivity contribution < 1.29 is 4.74 Å². The molecule has 0 aliphatic rings. The monoisotopic (exact) mass is 267 g/mol. The number of nitrogens with two attached hydrogens (primary N) is 1. The van der Waals surface area contributed by atoms with Crippen molar-refractivity contribution >= 4 is 17.2 Å². The van der Waals surface area contributed by atoms with Crippen molar-refractivity contribution in [3.8, 4) is 5.88 Å². The maximum Gasteiger partial charge on any atom is 0.232 e. The molecule has 0 bridgehead atoms. The zero-order valence-corrected chi connectivity index (χ0v) is 11.7. The van der Waals surface area contributed by atoms with E-state index in [0.717, 1.165) is 6.42 Å². The highest BCUT2D eigenvalue weighted by Crippen LogP contribution is 2.08. The van der Waals surface area contributed by atoms with Crippen LogP contribution in [-0.2, 0) is 0 Å². The maximum atomic E-state index is 5.49. The van der Waals surface area contributed by atoms with Crippen LogP contribution < -0.4 is 10.5 Å². The SMILES string of the molecule is CCCCCCCCOc1cnc(C(N)=S)cn1. The minimum absolute atomic E-state index is 0.255. The predicted octanol–water partition coefficient (Wildman–Crippen LogP) is 2.85. The molecule has 0 fully saturated rings. The van der Waals surface area contributed by atoms with Gasteiger partial charge in [-0.25, -0.2) is 9.97 Å². The summed E-state index contributed by atoms with van der Waals surface area (Å²) < 4.78 is 5.49. The van der Waals surface area contributed by atoms with Crippen LogP contribution in [0, 0.1) is 0 Å². The molecule has 0 amide bonds. The van der Waals surface area contributed by atoms with Gasteiger partial charge in [0.15, 0.2) is 0 Å². The molecule has 1 aromatic rings. The lowest BCUT2D eigenvalue weighted by atomic mass is 10.1. The first-order valence-electron chi connectivity index (χ1n) is 6.48. The van der Waals surface area contributed by atoms with Gasteiger partial charge in [-0.1, -0.05) is 51.2 Å². The van der Waals surface area contributed by atoms with Gasteiger partial charge in [0.25, 0.3) is 0 Å². The summed E-state index contributed by atoms with van der Waals surface area (Å²) in [7, 11) is 0. The van der Waals surface area contributed by atoms with Gasteiger partial charge >= 0.3 is 0 Å². The number of hydrogen-bond acceptors (Lipinski definition) is 4. The molecular formula is C13H21N3OS. The van der Waals surface area contributed by atoms with E-state index < -0.39 is 0 Å². The van der Waals surface area contributed by atoms with Gasteiger partial charge in [-0.2, -0.15) is 0 Å². The molecule has 1 heterocycles. The number of aromatic nitrogens is 2. The average molecular weight is 267 g/mol. The molecule has 0 aliphatic heterocycles. The number of nitrogens with zero attached hydrogens (tertiary/aromatic N) is 2. The third-order valence-corrected chi connectivity index (χ3v) is 2.84. The highest BCUT2D eigenvalue weighted by molar-refractivity contribution is 7.80. The first-order chi connectivity index (χ1) is 8.74. The highest BCUT2D eigenvalue weighted by Gasteiger charge is 2.00. The van der Waals surface area contributed by atoms with Gasteiger partial charge in [0.05, 0.1) is 19.0 Å². The second kappa shape index (κ2) is 8.80. The van der Waals surface area contributed by atoms with E-state index in [2.05, 4.69) is 16.9 Å². The van der Waals surface area contributed by atoms with Crippen LogP contribution >= 0.6 is 12.2 Å². The van der Waals surface area contributed by atoms with E-state index in [1.54, 1.807) is 12.4 Å². The van der Waals surface area contributed by atoms with Crippen LogP contribution in [0.15, 0.2) is 12.4 Å². The van der Waals surface area contributed by atoms with Crippen molar-refractivity contribution in [1.82, 2.24) is 9.97 Å². The minimum Gasteiger partial charge on any atom is -0.477 e. The van der Waals surface area contributed by atoms with E-state index in [9.17, 15) is 0 Å². The van der Waals surface area contributed by atoms with E-state index in [1.165, 1.54) is 32.1 Å². The van der Waals surface area contributed by atoms with Gasteiger partial charge in [-0.15, -0.1) is 0 Å². The second-order valence-electron chi connectivity index (χ2n) is 4.22. The molecule has 0 aromatic carbocycles. The van der Waals surface area contributed by atoms with E-state index in [4.69, 9.17) is 22.7 Å². The van der Waals surface area contributed by atoms with Gasteiger partial charge in [0.1, 0.15) is 10.7 Å². The molecule has 18 heavy (non-hydrogen) atoms. The summed E-state index contributed by atoms with van der Waals surface area (Å²) in [4.78, 5) is 8.41. The lowest BCUT2D eigenvalue weighted by Gasteiger charge is -2.05. The lowest BCUT2D eigenvalue weighted by molar-refractivity contribution is 0.292. The Bertz CT molecular complexity index is 354. The smallest absolute Gasteiger partial charge is 0.232 e. The van der Waals surface area contributed by atoms with Crippen molar-refractivity contribution in [2.45, 2.75) is 45.4 Å². The molecule has 2 N–H and O–H groups in total. The van der Waals surface area contributed by atoms with Crippen LogP contribution in [0.3, 0.4) is 0 Å². The molecular weight excluding hydrogens is 246 g/mol. The van der Waals surface area contributed by atoms with Gasteiger partial charge in [-0.05, 0) is 6.42 Å². The zero-order chi connectivity index (χ0) is 13.2. The summed E-state index contributed by atoms with van der Waals surface area (Å²) in [5, 5.41) is 0. The molecule has 100 valence electrons. The number of ether oxygens (including phenoxy) is 1. The molecule has 1 rings (SSSR count). The van der Waals surface area contributed by atoms with Crippen molar-refractivity contribution in [3.63, 3.8) is 0 Å². The molecule has 0 saturated carbocycles. The summed E-state index contributed by atoms with van der Waals surface area (Å²) in [5.74, 6) is 0.531. The molecule has 0 spiro atoms. The van der Waals surface area contributed by atoms with Gasteiger partial charge in [0.2, 0.25) is 5.88 Å². The topological polar surface area (TPSA) is 61.0 Å². The molecule has 0 atom stereocenters. The first-order valence-corrected chi connectivity index (χ1v) is 6.89. The van der Waals surface area contributed by atoms with Crippen LogP contribution in [0.5, 0.6) is 5.88 Å². The molecule has 0 aliphatic carbocycles. The largest absolute Gasteiger partial charge is 0.477 e. The normalized spacial score (nSPS) is 10.3. The Morgan fingerprint density at radius 3 is 2.50 bits per heavy atom. The summed E-state index contributed by atoms with van der Waals surface area (Å²) in [6.07, 6.45) is 10.6. The maximum absolute atomic E-state index is 5.49. The average Bonchev–Trinajstić information content (AvgIpc) is 2.38. The van der Waals surface area contributed by atoms with Crippen LogP contribution in [0.1, 0.15) is 51.1 Å². The van der Waals surface area contributed by atoms with Crippen molar-refractivity contribution in [2.24, 2.45) is 5.73 Å². The van der Waals surface area contributed by atoms with Crippen LogP contribution in [0.4, 0.5) is 0 Å². The van der Waals surface area contributed by atoms with E-state index in [0.29, 0.717) is 18.2 Å². The number of hydrogen-bond donors (Lipinski definition) is 1. The molecule has 0 unspecified atom stereocenters. The molecule has 5 heteroatoms. The van der Waals surface area contributed by atoms with Crippen molar-refractivity contribution in [2.75, 3.05) is 6.61 Å². The van der Waals surface area contributed by atoms with Crippen LogP contribution in [0.2, 0.25) is 0 Å². The Labute approximate surface area is 114 Å². The van der Waals surface area contributed by atoms with E-state index >= 15 is 0 Å². The highest BCUT2D eigenvalue weighted by atomic mass is 32.1. The molecule has 1 aromatic heterocycles. The zero-order valence-electron chi connectivity index (χ0n) is 10.9. The Balaban J connectivity index is 2.14. The van der Waals surface area contributed by atoms with Gasteiger partial charge in [-0.3, -0.25) is 0 Å². The fourth-order valence-electron chi connectivity index (χ4n) is 1.58.